The van der Waals surface area contributed by atoms with Gasteiger partial charge >= 0.3 is 5.97 Å². The van der Waals surface area contributed by atoms with E-state index in [1.165, 1.54) is 0 Å². The molecule has 4 nitrogen and oxygen atoms in total. The number of carbonyl (C=O) groups is 1. The molecule has 1 aliphatic heterocycles. The van der Waals surface area contributed by atoms with Crippen LogP contribution in [-0.2, 0) is 17.8 Å². The van der Waals surface area contributed by atoms with Crippen molar-refractivity contribution < 1.29 is 14.6 Å². The fraction of sp³-hybridized carbons (Fsp3) is 0.417. The Bertz CT molecular complexity index is 415. The Morgan fingerprint density at radius 2 is 2.38 bits per heavy atom. The molecule has 4 heteroatoms. The number of anilines is 1. The van der Waals surface area contributed by atoms with E-state index in [1.807, 2.05) is 0 Å². The Balaban J connectivity index is 2.38. The molecule has 0 saturated heterocycles. The van der Waals surface area contributed by atoms with Gasteiger partial charge in [-0.25, -0.2) is 4.79 Å². The number of esters is 1. The molecule has 2 rings (SSSR count). The van der Waals surface area contributed by atoms with Crippen LogP contribution in [0.2, 0.25) is 0 Å². The molecule has 0 atom stereocenters. The molecule has 1 aromatic carbocycles. The van der Waals surface area contributed by atoms with Crippen LogP contribution in [-0.4, -0.2) is 24.2 Å². The predicted octanol–water partition coefficient (Wildman–Crippen LogP) is 1.32. The molecule has 0 fully saturated rings. The van der Waals surface area contributed by atoms with Crippen LogP contribution in [0.25, 0.3) is 0 Å². The van der Waals surface area contributed by atoms with E-state index in [0.717, 1.165) is 29.8 Å². The lowest BCUT2D eigenvalue weighted by Crippen LogP contribution is -2.06. The summed E-state index contributed by atoms with van der Waals surface area (Å²) in [4.78, 5) is 11.6. The Hall–Kier alpha value is -1.55. The molecule has 0 saturated carbocycles. The van der Waals surface area contributed by atoms with Gasteiger partial charge in [-0.1, -0.05) is 0 Å². The van der Waals surface area contributed by atoms with Gasteiger partial charge in [0.15, 0.2) is 0 Å². The molecule has 0 radical (unpaired) electrons. The van der Waals surface area contributed by atoms with E-state index >= 15 is 0 Å². The van der Waals surface area contributed by atoms with Crippen LogP contribution in [0.5, 0.6) is 0 Å². The molecule has 1 aromatic rings. The molecule has 0 aromatic heterocycles. The van der Waals surface area contributed by atoms with Crippen molar-refractivity contribution in [2.45, 2.75) is 20.0 Å². The lowest BCUT2D eigenvalue weighted by Gasteiger charge is -2.09. The first-order chi connectivity index (χ1) is 7.76. The van der Waals surface area contributed by atoms with Gasteiger partial charge in [-0.2, -0.15) is 0 Å². The first kappa shape index (κ1) is 11.0. The quantitative estimate of drug-likeness (QED) is 0.756. The SMILES string of the molecule is CCOC(=O)c1cc(CO)c2c(c1)NCC2. The van der Waals surface area contributed by atoms with E-state index in [0.29, 0.717) is 12.2 Å². The third-order valence-corrected chi connectivity index (χ3v) is 2.71. The van der Waals surface area contributed by atoms with Gasteiger partial charge in [0.05, 0.1) is 18.8 Å². The summed E-state index contributed by atoms with van der Waals surface area (Å²) >= 11 is 0. The molecule has 0 unspecified atom stereocenters. The largest absolute Gasteiger partial charge is 0.462 e. The van der Waals surface area contributed by atoms with E-state index in [-0.39, 0.29) is 12.6 Å². The number of fused-ring (bicyclic) bond motifs is 1. The standard InChI is InChI=1S/C12H15NO3/c1-2-16-12(15)8-5-9(7-14)10-3-4-13-11(10)6-8/h5-6,13-14H,2-4,7H2,1H3. The lowest BCUT2D eigenvalue weighted by molar-refractivity contribution is 0.0526. The van der Waals surface area contributed by atoms with Crippen LogP contribution in [0.1, 0.15) is 28.4 Å². The van der Waals surface area contributed by atoms with Crippen LogP contribution >= 0.6 is 0 Å². The van der Waals surface area contributed by atoms with Gasteiger partial charge in [0.2, 0.25) is 0 Å². The van der Waals surface area contributed by atoms with Crippen molar-refractivity contribution in [1.29, 1.82) is 0 Å². The van der Waals surface area contributed by atoms with Gasteiger partial charge in [-0.3, -0.25) is 0 Å². The topological polar surface area (TPSA) is 58.6 Å². The molecule has 16 heavy (non-hydrogen) atoms. The summed E-state index contributed by atoms with van der Waals surface area (Å²) in [5.41, 5.74) is 3.36. The highest BCUT2D eigenvalue weighted by atomic mass is 16.5. The van der Waals surface area contributed by atoms with Crippen LogP contribution in [0.3, 0.4) is 0 Å². The number of carbonyl (C=O) groups excluding carboxylic acids is 1. The van der Waals surface area contributed by atoms with Crippen molar-refractivity contribution in [3.8, 4) is 0 Å². The number of aliphatic hydroxyl groups excluding tert-OH is 1. The molecule has 86 valence electrons. The van der Waals surface area contributed by atoms with Crippen molar-refractivity contribution in [3.63, 3.8) is 0 Å². The van der Waals surface area contributed by atoms with E-state index in [9.17, 15) is 9.90 Å². The third-order valence-electron chi connectivity index (χ3n) is 2.71. The van der Waals surface area contributed by atoms with Gasteiger partial charge in [0.25, 0.3) is 0 Å². The normalized spacial score (nSPS) is 13.1. The monoisotopic (exact) mass is 221 g/mol. The number of benzene rings is 1. The number of hydrogen-bond donors (Lipinski definition) is 2. The number of rotatable bonds is 3. The van der Waals surface area contributed by atoms with Crippen LogP contribution in [0, 0.1) is 0 Å². The number of nitrogens with one attached hydrogen (secondary N) is 1. The van der Waals surface area contributed by atoms with Gasteiger partial charge in [-0.05, 0) is 36.6 Å². The summed E-state index contributed by atoms with van der Waals surface area (Å²) in [5.74, 6) is -0.339. The fourth-order valence-corrected chi connectivity index (χ4v) is 1.98. The van der Waals surface area contributed by atoms with Crippen molar-refractivity contribution in [2.24, 2.45) is 0 Å². The second kappa shape index (κ2) is 4.53. The lowest BCUT2D eigenvalue weighted by atomic mass is 10.0. The number of aliphatic hydroxyl groups is 1. The maximum Gasteiger partial charge on any atom is 0.338 e. The van der Waals surface area contributed by atoms with Gasteiger partial charge in [0.1, 0.15) is 0 Å². The van der Waals surface area contributed by atoms with Gasteiger partial charge in [0, 0.05) is 12.2 Å². The summed E-state index contributed by atoms with van der Waals surface area (Å²) in [6.07, 6.45) is 0.897. The van der Waals surface area contributed by atoms with E-state index < -0.39 is 0 Å². The van der Waals surface area contributed by atoms with Crippen LogP contribution < -0.4 is 5.32 Å². The van der Waals surface area contributed by atoms with Crippen molar-refractivity contribution in [1.82, 2.24) is 0 Å². The fourth-order valence-electron chi connectivity index (χ4n) is 1.98. The van der Waals surface area contributed by atoms with Gasteiger partial charge < -0.3 is 15.2 Å². The van der Waals surface area contributed by atoms with Gasteiger partial charge in [-0.15, -0.1) is 0 Å². The van der Waals surface area contributed by atoms with E-state index in [4.69, 9.17) is 4.74 Å². The summed E-state index contributed by atoms with van der Waals surface area (Å²) < 4.78 is 4.94. The second-order valence-electron chi connectivity index (χ2n) is 3.72. The zero-order valence-electron chi connectivity index (χ0n) is 9.25. The molecular formula is C12H15NO3. The summed E-state index contributed by atoms with van der Waals surface area (Å²) in [6, 6.07) is 3.50. The minimum Gasteiger partial charge on any atom is -0.462 e. The molecular weight excluding hydrogens is 206 g/mol. The summed E-state index contributed by atoms with van der Waals surface area (Å²) in [6.45, 7) is 2.94. The highest BCUT2D eigenvalue weighted by Gasteiger charge is 2.18. The molecule has 0 bridgehead atoms. The maximum absolute atomic E-state index is 11.6. The summed E-state index contributed by atoms with van der Waals surface area (Å²) in [5, 5.41) is 12.5. The van der Waals surface area contributed by atoms with E-state index in [2.05, 4.69) is 5.32 Å². The molecule has 0 aliphatic carbocycles. The Kier molecular flexibility index (Phi) is 3.10. The van der Waals surface area contributed by atoms with Crippen molar-refractivity contribution in [3.05, 3.63) is 28.8 Å². The average Bonchev–Trinajstić information content (AvgIpc) is 2.75. The minimum absolute atomic E-state index is 0.0444. The molecule has 1 heterocycles. The minimum atomic E-state index is -0.339. The summed E-state index contributed by atoms with van der Waals surface area (Å²) in [7, 11) is 0. The predicted molar refractivity (Wildman–Crippen MR) is 60.5 cm³/mol. The Labute approximate surface area is 94.2 Å². The van der Waals surface area contributed by atoms with Crippen LogP contribution in [0.4, 0.5) is 5.69 Å². The highest BCUT2D eigenvalue weighted by molar-refractivity contribution is 5.91. The zero-order chi connectivity index (χ0) is 11.5. The zero-order valence-corrected chi connectivity index (χ0v) is 9.25. The number of hydrogen-bond acceptors (Lipinski definition) is 4. The Morgan fingerprint density at radius 3 is 3.06 bits per heavy atom. The number of ether oxygens (including phenoxy) is 1. The molecule has 1 aliphatic rings. The average molecular weight is 221 g/mol. The smallest absolute Gasteiger partial charge is 0.338 e. The molecule has 0 amide bonds. The maximum atomic E-state index is 11.6. The van der Waals surface area contributed by atoms with Crippen LogP contribution in [0.15, 0.2) is 12.1 Å². The third kappa shape index (κ3) is 1.88. The van der Waals surface area contributed by atoms with Crippen molar-refractivity contribution in [2.75, 3.05) is 18.5 Å². The first-order valence-electron chi connectivity index (χ1n) is 5.44. The first-order valence-corrected chi connectivity index (χ1v) is 5.44. The Morgan fingerprint density at radius 1 is 1.56 bits per heavy atom. The van der Waals surface area contributed by atoms with Crippen molar-refractivity contribution >= 4 is 11.7 Å². The molecule has 2 N–H and O–H groups in total. The molecule has 0 spiro atoms. The highest BCUT2D eigenvalue weighted by Crippen LogP contribution is 2.28. The second-order valence-corrected chi connectivity index (χ2v) is 3.72. The van der Waals surface area contributed by atoms with E-state index in [1.54, 1.807) is 19.1 Å².